The number of carboxylic acid groups (broad SMARTS) is 1. The largest absolute Gasteiger partial charge is 0.481 e. The van der Waals surface area contributed by atoms with Gasteiger partial charge < -0.3 is 14.7 Å². The second-order valence-corrected chi connectivity index (χ2v) is 9.66. The van der Waals surface area contributed by atoms with Crippen LogP contribution < -0.4 is 0 Å². The number of carboxylic acids is 1. The van der Waals surface area contributed by atoms with Gasteiger partial charge in [0.25, 0.3) is 5.91 Å². The summed E-state index contributed by atoms with van der Waals surface area (Å²) >= 11 is 0. The third-order valence-corrected chi connectivity index (χ3v) is 8.08. The Hall–Kier alpha value is -2.74. The number of aliphatic carboxylic acids is 1. The van der Waals surface area contributed by atoms with E-state index in [1.807, 2.05) is 4.90 Å². The number of aromatic nitrogens is 3. The molecule has 3 fully saturated rings. The quantitative estimate of drug-likeness (QED) is 0.742. The molecule has 1 aromatic carbocycles. The van der Waals surface area contributed by atoms with Gasteiger partial charge in [-0.15, -0.1) is 0 Å². The molecule has 1 spiro atoms. The van der Waals surface area contributed by atoms with Crippen molar-refractivity contribution in [2.45, 2.75) is 56.5 Å². The summed E-state index contributed by atoms with van der Waals surface area (Å²) < 4.78 is 5.69. The molecule has 1 aliphatic heterocycles. The van der Waals surface area contributed by atoms with E-state index >= 15 is 0 Å². The Morgan fingerprint density at radius 2 is 1.88 bits per heavy atom. The molecule has 2 N–H and O–H groups in total. The normalized spacial score (nSPS) is 29.1. The molecule has 170 valence electrons. The minimum absolute atomic E-state index is 0.0463. The Morgan fingerprint density at radius 3 is 2.50 bits per heavy atom. The Morgan fingerprint density at radius 1 is 1.16 bits per heavy atom. The number of hydrogen-bond donors (Lipinski definition) is 2. The summed E-state index contributed by atoms with van der Waals surface area (Å²) in [4.78, 5) is 25.9. The minimum Gasteiger partial charge on any atom is -0.481 e. The van der Waals surface area contributed by atoms with Gasteiger partial charge in [0.05, 0.1) is 18.2 Å². The second-order valence-electron chi connectivity index (χ2n) is 9.66. The van der Waals surface area contributed by atoms with E-state index in [1.165, 1.54) is 23.7 Å². The number of carbonyl (C=O) groups excluding carboxylic acids is 1. The van der Waals surface area contributed by atoms with E-state index in [4.69, 9.17) is 4.74 Å². The number of methoxy groups -OCH3 is 1. The maximum atomic E-state index is 12.5. The summed E-state index contributed by atoms with van der Waals surface area (Å²) in [5, 5.41) is 19.6. The van der Waals surface area contributed by atoms with Crippen LogP contribution in [0.15, 0.2) is 30.5 Å². The first kappa shape index (κ1) is 21.1. The van der Waals surface area contributed by atoms with Gasteiger partial charge >= 0.3 is 5.97 Å². The van der Waals surface area contributed by atoms with Gasteiger partial charge in [-0.25, -0.2) is 0 Å². The molecule has 1 saturated heterocycles. The van der Waals surface area contributed by atoms with E-state index in [0.29, 0.717) is 29.9 Å². The Kier molecular flexibility index (Phi) is 5.49. The lowest BCUT2D eigenvalue weighted by molar-refractivity contribution is -0.144. The topological polar surface area (TPSA) is 108 Å². The third kappa shape index (κ3) is 3.81. The molecule has 8 nitrogen and oxygen atoms in total. The van der Waals surface area contributed by atoms with Crippen LogP contribution in [0.25, 0.3) is 0 Å². The zero-order valence-electron chi connectivity index (χ0n) is 18.4. The van der Waals surface area contributed by atoms with Gasteiger partial charge in [-0.3, -0.25) is 9.59 Å². The van der Waals surface area contributed by atoms with E-state index in [9.17, 15) is 14.7 Å². The summed E-state index contributed by atoms with van der Waals surface area (Å²) in [6.45, 7) is 1.52. The number of hydrogen-bond acceptors (Lipinski definition) is 5. The number of amides is 1. The molecule has 4 atom stereocenters. The number of benzene rings is 1. The van der Waals surface area contributed by atoms with Gasteiger partial charge in [0, 0.05) is 26.1 Å². The maximum Gasteiger partial charge on any atom is 0.306 e. The predicted octanol–water partition coefficient (Wildman–Crippen LogP) is 3.20. The molecule has 32 heavy (non-hydrogen) atoms. The van der Waals surface area contributed by atoms with Crippen LogP contribution in [-0.4, -0.2) is 63.6 Å². The maximum absolute atomic E-state index is 12.5. The molecule has 3 unspecified atom stereocenters. The summed E-state index contributed by atoms with van der Waals surface area (Å²) in [6.07, 6.45) is 6.86. The van der Waals surface area contributed by atoms with E-state index in [1.54, 1.807) is 7.11 Å². The fourth-order valence-corrected chi connectivity index (χ4v) is 5.97. The van der Waals surface area contributed by atoms with Crippen molar-refractivity contribution in [3.8, 4) is 0 Å². The van der Waals surface area contributed by atoms with Gasteiger partial charge in [-0.1, -0.05) is 24.3 Å². The number of rotatable bonds is 5. The van der Waals surface area contributed by atoms with E-state index in [0.717, 1.165) is 32.4 Å². The highest BCUT2D eigenvalue weighted by atomic mass is 16.5. The Labute approximate surface area is 187 Å². The Balaban J connectivity index is 1.22. The molecule has 0 bridgehead atoms. The lowest BCUT2D eigenvalue weighted by Gasteiger charge is -2.34. The number of nitrogens with zero attached hydrogens (tertiary/aromatic N) is 3. The zero-order valence-corrected chi connectivity index (χ0v) is 18.4. The van der Waals surface area contributed by atoms with Crippen LogP contribution in [0.4, 0.5) is 0 Å². The summed E-state index contributed by atoms with van der Waals surface area (Å²) in [7, 11) is 1.72. The number of piperidine rings is 1. The third-order valence-electron chi connectivity index (χ3n) is 8.08. The zero-order chi connectivity index (χ0) is 22.3. The molecule has 5 rings (SSSR count). The highest BCUT2D eigenvalue weighted by Crippen LogP contribution is 2.65. The monoisotopic (exact) mass is 438 g/mol. The van der Waals surface area contributed by atoms with Gasteiger partial charge in [0.2, 0.25) is 0 Å². The first-order chi connectivity index (χ1) is 15.5. The molecular formula is C24H30N4O4. The number of ether oxygens (including phenoxy) is 1. The minimum atomic E-state index is -0.700. The predicted molar refractivity (Wildman–Crippen MR) is 116 cm³/mol. The average Bonchev–Trinajstić information content (AvgIpc) is 3.24. The van der Waals surface area contributed by atoms with Crippen molar-refractivity contribution in [1.82, 2.24) is 20.3 Å². The molecule has 1 aromatic heterocycles. The van der Waals surface area contributed by atoms with Gasteiger partial charge in [0.1, 0.15) is 0 Å². The van der Waals surface area contributed by atoms with Gasteiger partial charge in [0.15, 0.2) is 5.69 Å². The fourth-order valence-electron chi connectivity index (χ4n) is 5.97. The van der Waals surface area contributed by atoms with Gasteiger partial charge in [-0.05, 0) is 61.0 Å². The number of likely N-dealkylation sites (tertiary alicyclic amines) is 1. The summed E-state index contributed by atoms with van der Waals surface area (Å²) in [5.41, 5.74) is 3.21. The van der Waals surface area contributed by atoms with Crippen molar-refractivity contribution in [1.29, 1.82) is 0 Å². The van der Waals surface area contributed by atoms with Crippen molar-refractivity contribution in [2.24, 2.45) is 11.3 Å². The molecule has 2 saturated carbocycles. The van der Waals surface area contributed by atoms with E-state index in [2.05, 4.69) is 39.7 Å². The molecule has 3 aliphatic rings. The van der Waals surface area contributed by atoms with Crippen LogP contribution in [0.2, 0.25) is 0 Å². The molecule has 2 aliphatic carbocycles. The summed E-state index contributed by atoms with van der Waals surface area (Å²) in [6, 6.07) is 8.79. The molecule has 8 heteroatoms. The SMILES string of the molecule is COC1CCC(C(=O)O)C[C@H]1c1ccc(C2CC23CCN(C(=O)c2cn[nH]n2)CC3)cc1. The second kappa shape index (κ2) is 8.31. The van der Waals surface area contributed by atoms with Crippen molar-refractivity contribution >= 4 is 11.9 Å². The van der Waals surface area contributed by atoms with Crippen LogP contribution in [0.5, 0.6) is 0 Å². The van der Waals surface area contributed by atoms with E-state index in [-0.39, 0.29) is 23.8 Å². The Bertz CT molecular complexity index is 966. The van der Waals surface area contributed by atoms with Crippen LogP contribution in [-0.2, 0) is 9.53 Å². The first-order valence-electron chi connectivity index (χ1n) is 11.5. The molecular weight excluding hydrogens is 408 g/mol. The van der Waals surface area contributed by atoms with Gasteiger partial charge in [-0.2, -0.15) is 15.4 Å². The smallest absolute Gasteiger partial charge is 0.306 e. The fraction of sp³-hybridized carbons (Fsp3) is 0.583. The highest BCUT2D eigenvalue weighted by Gasteiger charge is 2.55. The number of aromatic amines is 1. The van der Waals surface area contributed by atoms with Crippen LogP contribution in [0.1, 0.15) is 72.0 Å². The van der Waals surface area contributed by atoms with E-state index < -0.39 is 5.97 Å². The average molecular weight is 439 g/mol. The highest BCUT2D eigenvalue weighted by molar-refractivity contribution is 5.91. The number of H-pyrrole nitrogens is 1. The lowest BCUT2D eigenvalue weighted by Crippen LogP contribution is -2.39. The first-order valence-corrected chi connectivity index (χ1v) is 11.5. The lowest BCUT2D eigenvalue weighted by atomic mass is 9.75. The molecule has 1 amide bonds. The van der Waals surface area contributed by atoms with Crippen molar-refractivity contribution in [3.63, 3.8) is 0 Å². The molecule has 2 aromatic rings. The standard InChI is InChI=1S/C24H30N4O4/c1-32-21-7-6-17(23(30)31)12-18(21)15-2-4-16(5-3-15)19-13-24(19)8-10-28(11-9-24)22(29)20-14-25-27-26-20/h2-5,14,17-19,21H,6-13H2,1H3,(H,30,31)(H,25,26,27)/t17?,18-,19?,21?/m0/s1. The molecule has 2 heterocycles. The summed E-state index contributed by atoms with van der Waals surface area (Å²) in [5.74, 6) is -0.368. The van der Waals surface area contributed by atoms with Crippen LogP contribution in [0.3, 0.4) is 0 Å². The number of carbonyl (C=O) groups is 2. The number of nitrogens with one attached hydrogen (secondary N) is 1. The van der Waals surface area contributed by atoms with Crippen LogP contribution >= 0.6 is 0 Å². The van der Waals surface area contributed by atoms with Crippen molar-refractivity contribution in [2.75, 3.05) is 20.2 Å². The van der Waals surface area contributed by atoms with Crippen LogP contribution in [0, 0.1) is 11.3 Å². The molecule has 0 radical (unpaired) electrons. The van der Waals surface area contributed by atoms with Crippen molar-refractivity contribution < 1.29 is 19.4 Å². The van der Waals surface area contributed by atoms with Crippen molar-refractivity contribution in [3.05, 3.63) is 47.3 Å².